The monoisotopic (exact) mass is 397 g/mol. The minimum Gasteiger partial charge on any atom is -0.309 e. The number of benzene rings is 1. The van der Waals surface area contributed by atoms with Crippen molar-refractivity contribution in [1.82, 2.24) is 24.7 Å². The predicted molar refractivity (Wildman–Crippen MR) is 109 cm³/mol. The fourth-order valence-electron chi connectivity index (χ4n) is 5.30. The smallest absolute Gasteiger partial charge is 0.309 e. The van der Waals surface area contributed by atoms with Crippen molar-refractivity contribution in [2.45, 2.75) is 50.2 Å². The number of imidazole rings is 1. The van der Waals surface area contributed by atoms with Gasteiger partial charge in [-0.05, 0) is 37.3 Å². The Kier molecular flexibility index (Phi) is 4.55. The molecule has 29 heavy (non-hydrogen) atoms. The molecule has 3 aliphatic rings. The Labute approximate surface area is 168 Å². The van der Waals surface area contributed by atoms with Crippen molar-refractivity contribution in [2.24, 2.45) is 7.05 Å². The zero-order valence-corrected chi connectivity index (χ0v) is 16.7. The van der Waals surface area contributed by atoms with Crippen molar-refractivity contribution in [3.8, 4) is 0 Å². The molecule has 0 aliphatic carbocycles. The van der Waals surface area contributed by atoms with E-state index in [1.165, 1.54) is 12.8 Å². The first-order valence-corrected chi connectivity index (χ1v) is 10.5. The molecular formula is C21H27N5O3. The molecule has 2 bridgehead atoms. The molecule has 4 heterocycles. The third kappa shape index (κ3) is 3.20. The maximum Gasteiger partial charge on any atom is 0.329 e. The van der Waals surface area contributed by atoms with Gasteiger partial charge in [-0.15, -0.1) is 0 Å². The topological polar surface area (TPSA) is 88.4 Å². The molecule has 0 radical (unpaired) electrons. The average Bonchev–Trinajstić information content (AvgIpc) is 3.17. The number of imide groups is 1. The fourth-order valence-corrected chi connectivity index (χ4v) is 5.30. The highest BCUT2D eigenvalue weighted by Crippen LogP contribution is 2.26. The van der Waals surface area contributed by atoms with Crippen LogP contribution < -0.4 is 16.3 Å². The van der Waals surface area contributed by atoms with Gasteiger partial charge in [0.25, 0.3) is 0 Å². The lowest BCUT2D eigenvalue weighted by Crippen LogP contribution is -2.51. The Bertz CT molecular complexity index is 1030. The van der Waals surface area contributed by atoms with E-state index in [0.717, 1.165) is 42.7 Å². The number of carbonyl (C=O) groups excluding carboxylic acids is 2. The molecule has 1 aromatic heterocycles. The summed E-state index contributed by atoms with van der Waals surface area (Å²) in [6.07, 6.45) is 4.01. The van der Waals surface area contributed by atoms with Crippen LogP contribution in [0.25, 0.3) is 11.0 Å². The molecular weight excluding hydrogens is 370 g/mol. The normalized spacial score (nSPS) is 27.6. The number of piperazine rings is 1. The van der Waals surface area contributed by atoms with E-state index in [0.29, 0.717) is 18.5 Å². The first kappa shape index (κ1) is 18.6. The van der Waals surface area contributed by atoms with Crippen molar-refractivity contribution in [1.29, 1.82) is 0 Å². The molecule has 8 heteroatoms. The summed E-state index contributed by atoms with van der Waals surface area (Å²) in [5.41, 5.74) is 2.58. The molecule has 8 nitrogen and oxygen atoms in total. The van der Waals surface area contributed by atoms with Crippen LogP contribution in [0.15, 0.2) is 23.0 Å². The van der Waals surface area contributed by atoms with Gasteiger partial charge in [0.1, 0.15) is 6.04 Å². The summed E-state index contributed by atoms with van der Waals surface area (Å²) in [4.78, 5) is 39.4. The van der Waals surface area contributed by atoms with Crippen LogP contribution in [0.4, 0.5) is 0 Å². The highest BCUT2D eigenvalue weighted by Gasteiger charge is 2.33. The number of carbonyl (C=O) groups is 2. The van der Waals surface area contributed by atoms with E-state index < -0.39 is 11.9 Å². The van der Waals surface area contributed by atoms with Crippen LogP contribution in [0, 0.1) is 0 Å². The SMILES string of the molecule is Cn1c(=O)n(C2CCC(=O)NC2=O)c2cccc(CCN3C[C@H]4CC[C@@H](C3)N4)c21. The zero-order valence-electron chi connectivity index (χ0n) is 16.7. The van der Waals surface area contributed by atoms with Crippen molar-refractivity contribution < 1.29 is 9.59 Å². The van der Waals surface area contributed by atoms with Crippen LogP contribution in [0.3, 0.4) is 0 Å². The van der Waals surface area contributed by atoms with Crippen molar-refractivity contribution >= 4 is 22.8 Å². The largest absolute Gasteiger partial charge is 0.329 e. The van der Waals surface area contributed by atoms with E-state index >= 15 is 0 Å². The van der Waals surface area contributed by atoms with Crippen molar-refractivity contribution in [3.63, 3.8) is 0 Å². The quantitative estimate of drug-likeness (QED) is 0.725. The number of rotatable bonds is 4. The second-order valence-electron chi connectivity index (χ2n) is 8.61. The first-order chi connectivity index (χ1) is 14.0. The number of piperidine rings is 1. The van der Waals surface area contributed by atoms with Crippen LogP contribution in [0.5, 0.6) is 0 Å². The van der Waals surface area contributed by atoms with E-state index in [1.807, 2.05) is 12.1 Å². The summed E-state index contributed by atoms with van der Waals surface area (Å²) in [7, 11) is 1.77. The Morgan fingerprint density at radius 3 is 2.55 bits per heavy atom. The highest BCUT2D eigenvalue weighted by molar-refractivity contribution is 6.00. The second-order valence-corrected chi connectivity index (χ2v) is 8.61. The van der Waals surface area contributed by atoms with Gasteiger partial charge in [-0.3, -0.25) is 28.9 Å². The maximum absolute atomic E-state index is 13.0. The van der Waals surface area contributed by atoms with Crippen molar-refractivity contribution in [3.05, 3.63) is 34.2 Å². The van der Waals surface area contributed by atoms with Crippen LogP contribution in [-0.4, -0.2) is 57.6 Å². The fraction of sp³-hybridized carbons (Fsp3) is 0.571. The lowest BCUT2D eigenvalue weighted by Gasteiger charge is -2.32. The predicted octanol–water partition coefficient (Wildman–Crippen LogP) is 0.296. The van der Waals surface area contributed by atoms with Crippen LogP contribution in [0.2, 0.25) is 0 Å². The molecule has 3 aliphatic heterocycles. The van der Waals surface area contributed by atoms with Gasteiger partial charge in [0.2, 0.25) is 11.8 Å². The molecule has 0 saturated carbocycles. The Balaban J connectivity index is 1.44. The van der Waals surface area contributed by atoms with Gasteiger partial charge in [-0.1, -0.05) is 12.1 Å². The van der Waals surface area contributed by atoms with E-state index in [1.54, 1.807) is 16.2 Å². The maximum atomic E-state index is 13.0. The van der Waals surface area contributed by atoms with Crippen LogP contribution in [0.1, 0.15) is 37.3 Å². The zero-order chi connectivity index (χ0) is 20.1. The Morgan fingerprint density at radius 1 is 1.07 bits per heavy atom. The third-order valence-electron chi connectivity index (χ3n) is 6.70. The van der Waals surface area contributed by atoms with E-state index in [9.17, 15) is 14.4 Å². The van der Waals surface area contributed by atoms with Crippen LogP contribution >= 0.6 is 0 Å². The average molecular weight is 397 g/mol. The Hall–Kier alpha value is -2.45. The summed E-state index contributed by atoms with van der Waals surface area (Å²) in [5.74, 6) is -0.664. The van der Waals surface area contributed by atoms with E-state index in [-0.39, 0.29) is 18.0 Å². The summed E-state index contributed by atoms with van der Waals surface area (Å²) in [6.45, 7) is 3.14. The number of nitrogens with zero attached hydrogens (tertiary/aromatic N) is 3. The lowest BCUT2D eigenvalue weighted by molar-refractivity contribution is -0.135. The van der Waals surface area contributed by atoms with Gasteiger partial charge in [0.05, 0.1) is 11.0 Å². The third-order valence-corrected chi connectivity index (χ3v) is 6.70. The molecule has 3 atom stereocenters. The van der Waals surface area contributed by atoms with Gasteiger partial charge in [-0.2, -0.15) is 0 Å². The molecule has 1 aromatic carbocycles. The minimum absolute atomic E-state index is 0.206. The van der Waals surface area contributed by atoms with E-state index in [4.69, 9.17) is 0 Å². The highest BCUT2D eigenvalue weighted by atomic mass is 16.2. The molecule has 154 valence electrons. The summed E-state index contributed by atoms with van der Waals surface area (Å²) in [5, 5.41) is 6.03. The van der Waals surface area contributed by atoms with Gasteiger partial charge in [0, 0.05) is 45.2 Å². The second kappa shape index (κ2) is 7.11. The van der Waals surface area contributed by atoms with Gasteiger partial charge < -0.3 is 5.32 Å². The molecule has 0 spiro atoms. The molecule has 3 saturated heterocycles. The first-order valence-electron chi connectivity index (χ1n) is 10.5. The number of amides is 2. The van der Waals surface area contributed by atoms with Gasteiger partial charge >= 0.3 is 5.69 Å². The number of para-hydroxylation sites is 1. The summed E-state index contributed by atoms with van der Waals surface area (Å²) in [6, 6.07) is 6.52. The molecule has 2 aromatic rings. The lowest BCUT2D eigenvalue weighted by atomic mass is 10.0. The number of likely N-dealkylation sites (tertiary alicyclic amines) is 1. The Morgan fingerprint density at radius 2 is 1.83 bits per heavy atom. The molecule has 3 fully saturated rings. The number of aryl methyl sites for hydroxylation is 1. The molecule has 1 unspecified atom stereocenters. The van der Waals surface area contributed by atoms with E-state index in [2.05, 4.69) is 21.6 Å². The number of aromatic nitrogens is 2. The summed E-state index contributed by atoms with van der Waals surface area (Å²) < 4.78 is 3.21. The number of hydrogen-bond donors (Lipinski definition) is 2. The molecule has 5 rings (SSSR count). The van der Waals surface area contributed by atoms with Gasteiger partial charge in [-0.25, -0.2) is 4.79 Å². The number of fused-ring (bicyclic) bond motifs is 3. The number of nitrogens with one attached hydrogen (secondary N) is 2. The van der Waals surface area contributed by atoms with Gasteiger partial charge in [0.15, 0.2) is 0 Å². The standard InChI is InChI=1S/C21H27N5O3/c1-24-19-13(9-10-25-11-14-5-6-15(12-25)22-14)3-2-4-16(19)26(21(24)29)17-7-8-18(27)23-20(17)28/h2-4,14-15,17,22H,5-12H2,1H3,(H,23,27,28)/t14-,15+,17?. The minimum atomic E-state index is -0.636. The molecule has 2 amide bonds. The van der Waals surface area contributed by atoms with Crippen LogP contribution in [-0.2, 0) is 23.1 Å². The number of hydrogen-bond acceptors (Lipinski definition) is 5. The summed E-state index contributed by atoms with van der Waals surface area (Å²) >= 11 is 0. The van der Waals surface area contributed by atoms with Crippen molar-refractivity contribution in [2.75, 3.05) is 19.6 Å². The molecule has 2 N–H and O–H groups in total.